The van der Waals surface area contributed by atoms with Crippen LogP contribution in [0.5, 0.6) is 0 Å². The number of aliphatic hydroxyl groups is 1. The second-order valence-corrected chi connectivity index (χ2v) is 6.74. The summed E-state index contributed by atoms with van der Waals surface area (Å²) in [5, 5.41) is 18.2. The van der Waals surface area contributed by atoms with Gasteiger partial charge in [-0.25, -0.2) is 9.48 Å². The van der Waals surface area contributed by atoms with Gasteiger partial charge >= 0.3 is 5.97 Å². The lowest BCUT2D eigenvalue weighted by atomic mass is 10.2. The summed E-state index contributed by atoms with van der Waals surface area (Å²) in [6.07, 6.45) is 4.76. The molecule has 0 aliphatic carbocycles. The molecule has 2 heterocycles. The molecular weight excluding hydrogens is 378 g/mol. The number of hydrogen-bond donors (Lipinski definition) is 2. The van der Waals surface area contributed by atoms with Crippen molar-refractivity contribution in [2.24, 2.45) is 0 Å². The number of methoxy groups -OCH3 is 1. The Morgan fingerprint density at radius 2 is 2.07 bits per heavy atom. The van der Waals surface area contributed by atoms with Crippen LogP contribution >= 0.6 is 11.3 Å². The predicted molar refractivity (Wildman–Crippen MR) is 107 cm³/mol. The van der Waals surface area contributed by atoms with Crippen molar-refractivity contribution in [2.45, 2.75) is 6.04 Å². The monoisotopic (exact) mass is 397 g/mol. The summed E-state index contributed by atoms with van der Waals surface area (Å²) in [7, 11) is 1.19. The highest BCUT2D eigenvalue weighted by Gasteiger charge is 2.19. The van der Waals surface area contributed by atoms with Gasteiger partial charge in [0.15, 0.2) is 6.04 Å². The van der Waals surface area contributed by atoms with Gasteiger partial charge in [-0.05, 0) is 29.7 Å². The first-order valence-corrected chi connectivity index (χ1v) is 9.36. The molecule has 8 heteroatoms. The van der Waals surface area contributed by atoms with Gasteiger partial charge in [-0.15, -0.1) is 11.3 Å². The molecule has 28 heavy (non-hydrogen) atoms. The summed E-state index contributed by atoms with van der Waals surface area (Å²) in [6, 6.07) is 12.4. The van der Waals surface area contributed by atoms with E-state index in [-0.39, 0.29) is 0 Å². The highest BCUT2D eigenvalue weighted by atomic mass is 32.1. The summed E-state index contributed by atoms with van der Waals surface area (Å²) in [5.41, 5.74) is 2.39. The van der Waals surface area contributed by atoms with Gasteiger partial charge in [-0.3, -0.25) is 4.79 Å². The fourth-order valence-corrected chi connectivity index (χ4v) is 3.26. The van der Waals surface area contributed by atoms with Crippen molar-refractivity contribution in [3.05, 3.63) is 65.7 Å². The van der Waals surface area contributed by atoms with Gasteiger partial charge in [-0.1, -0.05) is 24.3 Å². The summed E-state index contributed by atoms with van der Waals surface area (Å²) in [6.45, 7) is -0.543. The van der Waals surface area contributed by atoms with Crippen LogP contribution in [0.15, 0.2) is 60.1 Å². The van der Waals surface area contributed by atoms with E-state index in [1.807, 2.05) is 54.0 Å². The Balaban J connectivity index is 1.86. The molecule has 0 unspecified atom stereocenters. The molecule has 0 saturated heterocycles. The Bertz CT molecular complexity index is 965. The van der Waals surface area contributed by atoms with Crippen molar-refractivity contribution >= 4 is 29.3 Å². The van der Waals surface area contributed by atoms with Gasteiger partial charge < -0.3 is 15.2 Å². The van der Waals surface area contributed by atoms with Crippen LogP contribution in [0.4, 0.5) is 0 Å². The Morgan fingerprint density at radius 3 is 2.71 bits per heavy atom. The number of thiophene rings is 1. The highest BCUT2D eigenvalue weighted by Crippen LogP contribution is 2.28. The number of amides is 1. The number of aliphatic hydroxyl groups excluding tert-OH is 1. The van der Waals surface area contributed by atoms with E-state index < -0.39 is 24.5 Å². The number of para-hydroxylation sites is 1. The maximum atomic E-state index is 12.1. The van der Waals surface area contributed by atoms with Crippen molar-refractivity contribution in [2.75, 3.05) is 13.7 Å². The number of rotatable bonds is 7. The summed E-state index contributed by atoms with van der Waals surface area (Å²) in [5.74, 6) is -1.23. The summed E-state index contributed by atoms with van der Waals surface area (Å²) in [4.78, 5) is 24.6. The van der Waals surface area contributed by atoms with E-state index in [9.17, 15) is 14.7 Å². The zero-order valence-electron chi connectivity index (χ0n) is 15.1. The van der Waals surface area contributed by atoms with Gasteiger partial charge in [0.25, 0.3) is 0 Å². The molecule has 3 rings (SSSR count). The lowest BCUT2D eigenvalue weighted by Crippen LogP contribution is -2.43. The van der Waals surface area contributed by atoms with Gasteiger partial charge in [-0.2, -0.15) is 5.10 Å². The van der Waals surface area contributed by atoms with Gasteiger partial charge in [0.05, 0.1) is 24.3 Å². The topological polar surface area (TPSA) is 93.5 Å². The minimum absolute atomic E-state index is 0.519. The van der Waals surface area contributed by atoms with Crippen LogP contribution in [0.3, 0.4) is 0 Å². The fourth-order valence-electron chi connectivity index (χ4n) is 2.53. The Hall–Kier alpha value is -3.23. The molecule has 7 nitrogen and oxygen atoms in total. The van der Waals surface area contributed by atoms with Crippen molar-refractivity contribution in [3.63, 3.8) is 0 Å². The molecule has 0 saturated carbocycles. The number of hydrogen-bond acceptors (Lipinski definition) is 6. The van der Waals surface area contributed by atoms with Gasteiger partial charge in [0, 0.05) is 17.8 Å². The predicted octanol–water partition coefficient (Wildman–Crippen LogP) is 2.26. The highest BCUT2D eigenvalue weighted by molar-refractivity contribution is 7.13. The second kappa shape index (κ2) is 9.12. The number of carbonyl (C=O) groups is 2. The van der Waals surface area contributed by atoms with Crippen LogP contribution in [-0.2, 0) is 14.3 Å². The van der Waals surface area contributed by atoms with Crippen molar-refractivity contribution < 1.29 is 19.4 Å². The molecule has 1 amide bonds. The standard InChI is InChI=1S/C20H19N3O4S/c1-27-20(26)16(13-24)21-18(25)10-9-14-12-23(15-6-3-2-4-7-15)22-19(14)17-8-5-11-28-17/h2-12,16,24H,13H2,1H3,(H,21,25)/b10-9+/t16-/m1/s1. The first-order valence-electron chi connectivity index (χ1n) is 8.48. The third-order valence-corrected chi connectivity index (χ3v) is 4.79. The van der Waals surface area contributed by atoms with Crippen LogP contribution in [0.1, 0.15) is 5.56 Å². The average molecular weight is 397 g/mol. The van der Waals surface area contributed by atoms with E-state index >= 15 is 0 Å². The maximum Gasteiger partial charge on any atom is 0.330 e. The first-order chi connectivity index (χ1) is 13.6. The third-order valence-electron chi connectivity index (χ3n) is 3.92. The molecule has 0 radical (unpaired) electrons. The molecule has 0 bridgehead atoms. The Morgan fingerprint density at radius 1 is 1.29 bits per heavy atom. The van der Waals surface area contributed by atoms with E-state index in [1.54, 1.807) is 22.1 Å². The molecule has 144 valence electrons. The largest absolute Gasteiger partial charge is 0.467 e. The minimum Gasteiger partial charge on any atom is -0.467 e. The van der Waals surface area contributed by atoms with Crippen LogP contribution in [0.2, 0.25) is 0 Å². The SMILES string of the molecule is COC(=O)[C@@H](CO)NC(=O)/C=C/c1cn(-c2ccccc2)nc1-c1cccs1. The number of aromatic nitrogens is 2. The van der Waals surface area contributed by atoms with Crippen LogP contribution in [-0.4, -0.2) is 46.5 Å². The fraction of sp³-hybridized carbons (Fsp3) is 0.150. The number of benzene rings is 1. The lowest BCUT2D eigenvalue weighted by molar-refractivity contribution is -0.145. The maximum absolute atomic E-state index is 12.1. The molecule has 1 aromatic carbocycles. The number of esters is 1. The van der Waals surface area contributed by atoms with Crippen LogP contribution in [0.25, 0.3) is 22.3 Å². The van der Waals surface area contributed by atoms with Crippen molar-refractivity contribution in [3.8, 4) is 16.3 Å². The number of nitrogens with zero attached hydrogens (tertiary/aromatic N) is 2. The van der Waals surface area contributed by atoms with Crippen molar-refractivity contribution in [1.82, 2.24) is 15.1 Å². The van der Waals surface area contributed by atoms with Crippen LogP contribution in [0, 0.1) is 0 Å². The zero-order valence-corrected chi connectivity index (χ0v) is 15.9. The lowest BCUT2D eigenvalue weighted by Gasteiger charge is -2.11. The first kappa shape index (κ1) is 19.5. The Labute approximate surface area is 165 Å². The molecule has 0 spiro atoms. The van der Waals surface area contributed by atoms with E-state index in [0.29, 0.717) is 0 Å². The molecular formula is C20H19N3O4S. The van der Waals surface area contributed by atoms with Crippen molar-refractivity contribution in [1.29, 1.82) is 0 Å². The summed E-state index contributed by atoms with van der Waals surface area (Å²) < 4.78 is 6.29. The smallest absolute Gasteiger partial charge is 0.330 e. The molecule has 3 aromatic rings. The van der Waals surface area contributed by atoms with E-state index in [4.69, 9.17) is 0 Å². The molecule has 0 aliphatic heterocycles. The van der Waals surface area contributed by atoms with Gasteiger partial charge in [0.2, 0.25) is 5.91 Å². The number of ether oxygens (including phenoxy) is 1. The number of nitrogens with one attached hydrogen (secondary N) is 1. The summed E-state index contributed by atoms with van der Waals surface area (Å²) >= 11 is 1.55. The van der Waals surface area contributed by atoms with E-state index in [2.05, 4.69) is 15.2 Å². The second-order valence-electron chi connectivity index (χ2n) is 5.79. The molecule has 1 atom stereocenters. The zero-order chi connectivity index (χ0) is 19.9. The quantitative estimate of drug-likeness (QED) is 0.471. The minimum atomic E-state index is -1.11. The molecule has 2 aromatic heterocycles. The molecule has 0 aliphatic rings. The van der Waals surface area contributed by atoms with E-state index in [1.165, 1.54) is 13.2 Å². The van der Waals surface area contributed by atoms with E-state index in [0.717, 1.165) is 21.8 Å². The number of carbonyl (C=O) groups excluding carboxylic acids is 2. The normalized spacial score (nSPS) is 12.1. The molecule has 2 N–H and O–H groups in total. The Kier molecular flexibility index (Phi) is 6.36. The van der Waals surface area contributed by atoms with Gasteiger partial charge in [0.1, 0.15) is 5.69 Å². The third kappa shape index (κ3) is 4.54. The average Bonchev–Trinajstić information content (AvgIpc) is 3.40. The van der Waals surface area contributed by atoms with Crippen LogP contribution < -0.4 is 5.32 Å². The molecule has 0 fully saturated rings.